The molecule has 2 heterocycles. The van der Waals surface area contributed by atoms with Crippen LogP contribution in [0.15, 0.2) is 18.2 Å². The molecular formula is C19H22N6O. The molecular weight excluding hydrogens is 328 g/mol. The number of nitrogens with zero attached hydrogens (tertiary/aromatic N) is 4. The fourth-order valence-electron chi connectivity index (χ4n) is 3.72. The second kappa shape index (κ2) is 6.40. The number of amides is 1. The molecule has 0 bridgehead atoms. The zero-order chi connectivity index (χ0) is 18.3. The molecule has 2 aromatic heterocycles. The van der Waals surface area contributed by atoms with Gasteiger partial charge in [-0.25, -0.2) is 9.67 Å². The molecule has 0 spiro atoms. The van der Waals surface area contributed by atoms with Gasteiger partial charge >= 0.3 is 0 Å². The first-order valence-corrected chi connectivity index (χ1v) is 8.87. The number of carbonyl (C=O) groups excluding carboxylic acids is 1. The van der Waals surface area contributed by atoms with E-state index in [1.54, 1.807) is 0 Å². The number of fused-ring (bicyclic) bond motifs is 1. The number of aryl methyl sites for hydroxylation is 3. The summed E-state index contributed by atoms with van der Waals surface area (Å²) in [6.45, 7) is 3.98. The maximum Gasteiger partial charge on any atom is 0.225 e. The third kappa shape index (κ3) is 2.89. The van der Waals surface area contributed by atoms with Crippen molar-refractivity contribution in [1.29, 1.82) is 0 Å². The van der Waals surface area contributed by atoms with E-state index in [1.165, 1.54) is 11.1 Å². The number of primary amides is 1. The number of hydrogen-bond acceptors (Lipinski definition) is 4. The summed E-state index contributed by atoms with van der Waals surface area (Å²) in [4.78, 5) is 16.0. The Hall–Kier alpha value is -2.96. The Morgan fingerprint density at radius 3 is 2.88 bits per heavy atom. The summed E-state index contributed by atoms with van der Waals surface area (Å²) in [5.74, 6) is 0.832. The molecule has 1 amide bonds. The normalized spacial score (nSPS) is 13.2. The van der Waals surface area contributed by atoms with Crippen LogP contribution in [0.4, 0.5) is 0 Å². The minimum atomic E-state index is -0.428. The van der Waals surface area contributed by atoms with Crippen molar-refractivity contribution in [2.75, 3.05) is 0 Å². The molecule has 134 valence electrons. The Morgan fingerprint density at radius 2 is 2.15 bits per heavy atom. The van der Waals surface area contributed by atoms with Crippen molar-refractivity contribution < 1.29 is 4.79 Å². The van der Waals surface area contributed by atoms with Gasteiger partial charge in [0.2, 0.25) is 5.91 Å². The van der Waals surface area contributed by atoms with Crippen molar-refractivity contribution >= 4 is 5.91 Å². The molecule has 1 aliphatic rings. The van der Waals surface area contributed by atoms with Crippen LogP contribution in [-0.2, 0) is 30.5 Å². The van der Waals surface area contributed by atoms with Gasteiger partial charge in [-0.1, -0.05) is 12.1 Å². The third-order valence-corrected chi connectivity index (χ3v) is 5.02. The molecule has 7 heteroatoms. The van der Waals surface area contributed by atoms with Crippen molar-refractivity contribution in [3.63, 3.8) is 0 Å². The summed E-state index contributed by atoms with van der Waals surface area (Å²) in [6.07, 6.45) is 3.94. The van der Waals surface area contributed by atoms with E-state index in [4.69, 9.17) is 5.73 Å². The summed E-state index contributed by atoms with van der Waals surface area (Å²) in [7, 11) is 0. The van der Waals surface area contributed by atoms with E-state index in [1.807, 2.05) is 18.5 Å². The van der Waals surface area contributed by atoms with E-state index in [2.05, 4.69) is 38.5 Å². The number of nitrogens with two attached hydrogens (primary N) is 1. The SMILES string of the molecule is Cc1n[nH]c(C)c1Cc1nc(CC(N)=O)nn1-c1cccc2c1CCC2. The van der Waals surface area contributed by atoms with Gasteiger partial charge in [-0.05, 0) is 50.3 Å². The average Bonchev–Trinajstić information content (AvgIpc) is 3.29. The lowest BCUT2D eigenvalue weighted by atomic mass is 10.1. The molecule has 1 aromatic carbocycles. The Kier molecular flexibility index (Phi) is 4.06. The van der Waals surface area contributed by atoms with Gasteiger partial charge in [0, 0.05) is 17.7 Å². The molecule has 0 saturated carbocycles. The van der Waals surface area contributed by atoms with Crippen molar-refractivity contribution in [3.05, 3.63) is 57.9 Å². The number of hydrogen-bond donors (Lipinski definition) is 2. The lowest BCUT2D eigenvalue weighted by molar-refractivity contribution is -0.117. The molecule has 4 rings (SSSR count). The number of aromatic nitrogens is 5. The number of nitrogens with one attached hydrogen (secondary N) is 1. The van der Waals surface area contributed by atoms with Gasteiger partial charge in [-0.2, -0.15) is 10.2 Å². The largest absolute Gasteiger partial charge is 0.369 e. The van der Waals surface area contributed by atoms with Gasteiger partial charge in [0.15, 0.2) is 5.82 Å². The Bertz CT molecular complexity index is 965. The van der Waals surface area contributed by atoms with Gasteiger partial charge in [0.1, 0.15) is 5.82 Å². The molecule has 0 fully saturated rings. The molecule has 0 atom stereocenters. The lowest BCUT2D eigenvalue weighted by Crippen LogP contribution is -2.14. The molecule has 3 aromatic rings. The lowest BCUT2D eigenvalue weighted by Gasteiger charge is -2.11. The monoisotopic (exact) mass is 350 g/mol. The van der Waals surface area contributed by atoms with Crippen molar-refractivity contribution in [3.8, 4) is 5.69 Å². The van der Waals surface area contributed by atoms with Gasteiger partial charge in [-0.15, -0.1) is 0 Å². The van der Waals surface area contributed by atoms with Crippen molar-refractivity contribution in [2.45, 2.75) is 46.0 Å². The van der Waals surface area contributed by atoms with E-state index in [0.29, 0.717) is 12.2 Å². The van der Waals surface area contributed by atoms with Crippen LogP contribution >= 0.6 is 0 Å². The Labute approximate surface area is 151 Å². The minimum absolute atomic E-state index is 0.0401. The fraction of sp³-hybridized carbons (Fsp3) is 0.368. The number of benzene rings is 1. The molecule has 0 saturated heterocycles. The molecule has 0 radical (unpaired) electrons. The van der Waals surface area contributed by atoms with Crippen LogP contribution in [0.25, 0.3) is 5.69 Å². The zero-order valence-electron chi connectivity index (χ0n) is 15.0. The smallest absolute Gasteiger partial charge is 0.225 e. The van der Waals surface area contributed by atoms with E-state index in [0.717, 1.165) is 47.7 Å². The van der Waals surface area contributed by atoms with Crippen molar-refractivity contribution in [1.82, 2.24) is 25.0 Å². The maximum atomic E-state index is 11.4. The highest BCUT2D eigenvalue weighted by Gasteiger charge is 2.21. The van der Waals surface area contributed by atoms with Crippen LogP contribution in [0, 0.1) is 13.8 Å². The van der Waals surface area contributed by atoms with E-state index in [-0.39, 0.29) is 6.42 Å². The van der Waals surface area contributed by atoms with Gasteiger partial charge < -0.3 is 5.73 Å². The Morgan fingerprint density at radius 1 is 1.31 bits per heavy atom. The fourth-order valence-corrected chi connectivity index (χ4v) is 3.72. The topological polar surface area (TPSA) is 102 Å². The van der Waals surface area contributed by atoms with E-state index in [9.17, 15) is 4.79 Å². The van der Waals surface area contributed by atoms with Crippen LogP contribution in [0.5, 0.6) is 0 Å². The predicted molar refractivity (Wildman–Crippen MR) is 97.2 cm³/mol. The van der Waals surface area contributed by atoms with Crippen LogP contribution < -0.4 is 5.73 Å². The van der Waals surface area contributed by atoms with Gasteiger partial charge in [0.05, 0.1) is 17.8 Å². The number of aromatic amines is 1. The standard InChI is InChI=1S/C19H22N6O/c1-11-15(12(2)23-22-11)9-19-21-18(10-17(20)26)24-25(19)16-8-4-6-13-5-3-7-14(13)16/h4,6,8H,3,5,7,9-10H2,1-2H3,(H2,20,26)(H,22,23). The quantitative estimate of drug-likeness (QED) is 0.731. The average molecular weight is 350 g/mol. The first kappa shape index (κ1) is 16.5. The summed E-state index contributed by atoms with van der Waals surface area (Å²) < 4.78 is 1.88. The summed E-state index contributed by atoms with van der Waals surface area (Å²) in [6, 6.07) is 6.32. The number of H-pyrrole nitrogens is 1. The first-order valence-electron chi connectivity index (χ1n) is 8.87. The van der Waals surface area contributed by atoms with E-state index < -0.39 is 5.91 Å². The van der Waals surface area contributed by atoms with Crippen LogP contribution in [0.3, 0.4) is 0 Å². The first-order chi connectivity index (χ1) is 12.5. The van der Waals surface area contributed by atoms with Crippen LogP contribution in [0.1, 0.15) is 46.1 Å². The molecule has 0 unspecified atom stereocenters. The molecule has 0 aliphatic heterocycles. The number of rotatable bonds is 5. The van der Waals surface area contributed by atoms with Gasteiger partial charge in [0.25, 0.3) is 0 Å². The van der Waals surface area contributed by atoms with Gasteiger partial charge in [-0.3, -0.25) is 9.89 Å². The highest BCUT2D eigenvalue weighted by molar-refractivity contribution is 5.75. The molecule has 3 N–H and O–H groups in total. The van der Waals surface area contributed by atoms with Crippen LogP contribution in [-0.4, -0.2) is 30.9 Å². The van der Waals surface area contributed by atoms with Crippen molar-refractivity contribution in [2.24, 2.45) is 5.73 Å². The molecule has 7 nitrogen and oxygen atoms in total. The third-order valence-electron chi connectivity index (χ3n) is 5.02. The Balaban J connectivity index is 1.82. The maximum absolute atomic E-state index is 11.4. The summed E-state index contributed by atoms with van der Waals surface area (Å²) >= 11 is 0. The van der Waals surface area contributed by atoms with E-state index >= 15 is 0 Å². The predicted octanol–water partition coefficient (Wildman–Crippen LogP) is 1.71. The molecule has 1 aliphatic carbocycles. The van der Waals surface area contributed by atoms with Crippen LogP contribution in [0.2, 0.25) is 0 Å². The zero-order valence-corrected chi connectivity index (χ0v) is 15.0. The minimum Gasteiger partial charge on any atom is -0.369 e. The number of carbonyl (C=O) groups is 1. The second-order valence-electron chi connectivity index (χ2n) is 6.86. The molecule has 26 heavy (non-hydrogen) atoms. The summed E-state index contributed by atoms with van der Waals surface area (Å²) in [5.41, 5.74) is 12.2. The second-order valence-corrected chi connectivity index (χ2v) is 6.86. The highest BCUT2D eigenvalue weighted by atomic mass is 16.1. The highest BCUT2D eigenvalue weighted by Crippen LogP contribution is 2.28. The summed E-state index contributed by atoms with van der Waals surface area (Å²) in [5, 5.41) is 11.9.